The van der Waals surface area contributed by atoms with Crippen LogP contribution in [0, 0.1) is 20.2 Å². The molecule has 9 nitrogen and oxygen atoms in total. The monoisotopic (exact) mass is 392 g/mol. The van der Waals surface area contributed by atoms with Crippen LogP contribution in [-0.4, -0.2) is 20.0 Å². The fourth-order valence-corrected chi connectivity index (χ4v) is 2.88. The maximum Gasteiger partial charge on any atom is 0.277 e. The predicted molar refractivity (Wildman–Crippen MR) is 94.1 cm³/mol. The summed E-state index contributed by atoms with van der Waals surface area (Å²) in [5.41, 5.74) is 0.243. The molecule has 0 N–H and O–H groups in total. The first kappa shape index (κ1) is 17.8. The molecule has 132 valence electrons. The van der Waals surface area contributed by atoms with Crippen molar-refractivity contribution in [3.63, 3.8) is 0 Å². The summed E-state index contributed by atoms with van der Waals surface area (Å²) in [5, 5.41) is 30.4. The number of nitrogens with zero attached hydrogens (tertiary/aromatic N) is 4. The van der Waals surface area contributed by atoms with E-state index in [9.17, 15) is 20.2 Å². The van der Waals surface area contributed by atoms with Gasteiger partial charge in [-0.15, -0.1) is 10.2 Å². The highest BCUT2D eigenvalue weighted by Crippen LogP contribution is 2.31. The molecule has 3 rings (SSSR count). The van der Waals surface area contributed by atoms with Gasteiger partial charge in [0.25, 0.3) is 16.6 Å². The number of halogens is 1. The molecule has 0 bridgehead atoms. The van der Waals surface area contributed by atoms with Crippen molar-refractivity contribution in [1.82, 2.24) is 10.2 Å². The zero-order valence-electron chi connectivity index (χ0n) is 12.9. The average molecular weight is 393 g/mol. The Kier molecular flexibility index (Phi) is 5.14. The molecule has 0 fully saturated rings. The third kappa shape index (κ3) is 4.16. The highest BCUT2D eigenvalue weighted by atomic mass is 35.5. The van der Waals surface area contributed by atoms with Crippen molar-refractivity contribution in [3.05, 3.63) is 73.3 Å². The van der Waals surface area contributed by atoms with E-state index in [1.807, 2.05) is 12.1 Å². The van der Waals surface area contributed by atoms with Crippen LogP contribution in [0.25, 0.3) is 11.5 Å². The van der Waals surface area contributed by atoms with Gasteiger partial charge < -0.3 is 4.42 Å². The number of hydrogen-bond acceptors (Lipinski definition) is 8. The first-order valence-electron chi connectivity index (χ1n) is 7.07. The summed E-state index contributed by atoms with van der Waals surface area (Å²) >= 11 is 7.09. The molecule has 1 heterocycles. The number of thioether (sulfide) groups is 1. The van der Waals surface area contributed by atoms with Crippen molar-refractivity contribution in [2.75, 3.05) is 0 Å². The van der Waals surface area contributed by atoms with Gasteiger partial charge in [0, 0.05) is 22.9 Å². The van der Waals surface area contributed by atoms with Crippen molar-refractivity contribution in [2.24, 2.45) is 0 Å². The molecule has 2 aromatic carbocycles. The lowest BCUT2D eigenvalue weighted by Crippen LogP contribution is -1.94. The zero-order valence-corrected chi connectivity index (χ0v) is 14.4. The van der Waals surface area contributed by atoms with E-state index < -0.39 is 21.2 Å². The molecule has 0 aliphatic heterocycles. The van der Waals surface area contributed by atoms with Crippen molar-refractivity contribution in [2.45, 2.75) is 11.0 Å². The van der Waals surface area contributed by atoms with Crippen LogP contribution in [0.4, 0.5) is 11.4 Å². The Hall–Kier alpha value is -2.98. The molecule has 11 heteroatoms. The molecule has 0 radical (unpaired) electrons. The van der Waals surface area contributed by atoms with Crippen molar-refractivity contribution < 1.29 is 14.3 Å². The van der Waals surface area contributed by atoms with E-state index in [1.54, 1.807) is 12.1 Å². The first-order valence-corrected chi connectivity index (χ1v) is 8.44. The van der Waals surface area contributed by atoms with Gasteiger partial charge in [0.1, 0.15) is 0 Å². The SMILES string of the molecule is O=[N+]([O-])c1cc(-c2nnc(SCc3ccc(Cl)cc3)o2)cc([N+](=O)[O-])c1. The number of hydrogen-bond donors (Lipinski definition) is 0. The number of nitro groups is 2. The Morgan fingerprint density at radius 1 is 1.00 bits per heavy atom. The van der Waals surface area contributed by atoms with Crippen LogP contribution in [0.15, 0.2) is 52.1 Å². The first-order chi connectivity index (χ1) is 12.4. The lowest BCUT2D eigenvalue weighted by atomic mass is 10.2. The van der Waals surface area contributed by atoms with Crippen LogP contribution in [0.3, 0.4) is 0 Å². The van der Waals surface area contributed by atoms with Gasteiger partial charge in [0.2, 0.25) is 5.89 Å². The van der Waals surface area contributed by atoms with Crippen molar-refractivity contribution in [1.29, 1.82) is 0 Å². The van der Waals surface area contributed by atoms with Gasteiger partial charge in [0.15, 0.2) is 0 Å². The summed E-state index contributed by atoms with van der Waals surface area (Å²) in [6.45, 7) is 0. The van der Waals surface area contributed by atoms with E-state index in [-0.39, 0.29) is 16.7 Å². The van der Waals surface area contributed by atoms with Crippen molar-refractivity contribution in [3.8, 4) is 11.5 Å². The zero-order chi connectivity index (χ0) is 18.7. The summed E-state index contributed by atoms with van der Waals surface area (Å²) in [6.07, 6.45) is 0. The number of non-ortho nitro benzene ring substituents is 2. The lowest BCUT2D eigenvalue weighted by Gasteiger charge is -1.98. The smallest absolute Gasteiger partial charge is 0.277 e. The van der Waals surface area contributed by atoms with Gasteiger partial charge in [-0.2, -0.15) is 0 Å². The van der Waals surface area contributed by atoms with Crippen molar-refractivity contribution >= 4 is 34.7 Å². The van der Waals surface area contributed by atoms with Gasteiger partial charge >= 0.3 is 0 Å². The highest BCUT2D eigenvalue weighted by Gasteiger charge is 2.20. The van der Waals surface area contributed by atoms with E-state index in [0.29, 0.717) is 10.8 Å². The average Bonchev–Trinajstić information content (AvgIpc) is 3.10. The minimum absolute atomic E-state index is 0.0320. The number of benzene rings is 2. The van der Waals surface area contributed by atoms with Gasteiger partial charge in [0.05, 0.1) is 21.5 Å². The maximum absolute atomic E-state index is 11.0. The fourth-order valence-electron chi connectivity index (χ4n) is 2.04. The molecule has 1 aromatic heterocycles. The van der Waals surface area contributed by atoms with Crippen LogP contribution in [0.2, 0.25) is 5.02 Å². The molecule has 0 aliphatic rings. The minimum Gasteiger partial charge on any atom is -0.411 e. The van der Waals surface area contributed by atoms with Crippen LogP contribution in [-0.2, 0) is 5.75 Å². The molecular formula is C15H9ClN4O5S. The Balaban J connectivity index is 1.81. The second-order valence-electron chi connectivity index (χ2n) is 5.04. The second-order valence-corrected chi connectivity index (χ2v) is 6.40. The van der Waals surface area contributed by atoms with Crippen LogP contribution >= 0.6 is 23.4 Å². The fraction of sp³-hybridized carbons (Fsp3) is 0.0667. The lowest BCUT2D eigenvalue weighted by molar-refractivity contribution is -0.394. The molecule has 0 spiro atoms. The van der Waals surface area contributed by atoms with Gasteiger partial charge in [-0.1, -0.05) is 35.5 Å². The third-order valence-electron chi connectivity index (χ3n) is 3.25. The number of aromatic nitrogens is 2. The second kappa shape index (κ2) is 7.50. The van der Waals surface area contributed by atoms with E-state index >= 15 is 0 Å². The quantitative estimate of drug-likeness (QED) is 0.341. The Morgan fingerprint density at radius 3 is 2.19 bits per heavy atom. The Morgan fingerprint density at radius 2 is 1.62 bits per heavy atom. The number of nitro benzene ring substituents is 2. The Labute approximate surface area is 155 Å². The molecule has 3 aromatic rings. The minimum atomic E-state index is -0.719. The van der Waals surface area contributed by atoms with Gasteiger partial charge in [-0.25, -0.2) is 0 Å². The van der Waals surface area contributed by atoms with Crippen LogP contribution in [0.1, 0.15) is 5.56 Å². The van der Waals surface area contributed by atoms with Gasteiger partial charge in [-0.05, 0) is 17.7 Å². The normalized spacial score (nSPS) is 10.7. The predicted octanol–water partition coefficient (Wildman–Crippen LogP) is 4.50. The molecule has 26 heavy (non-hydrogen) atoms. The van der Waals surface area contributed by atoms with E-state index in [2.05, 4.69) is 10.2 Å². The standard InChI is InChI=1S/C15H9ClN4O5S/c16-11-3-1-9(2-4-11)8-26-15-18-17-14(25-15)10-5-12(19(21)22)7-13(6-10)20(23)24/h1-7H,8H2. The number of rotatable bonds is 6. The van der Waals surface area contributed by atoms with Gasteiger partial charge in [-0.3, -0.25) is 20.2 Å². The largest absolute Gasteiger partial charge is 0.411 e. The topological polar surface area (TPSA) is 125 Å². The molecule has 0 atom stereocenters. The molecule has 0 amide bonds. The summed E-state index contributed by atoms with van der Waals surface area (Å²) < 4.78 is 5.45. The maximum atomic E-state index is 11.0. The summed E-state index contributed by atoms with van der Waals surface area (Å²) in [7, 11) is 0. The molecule has 0 saturated carbocycles. The van der Waals surface area contributed by atoms with E-state index in [0.717, 1.165) is 23.8 Å². The van der Waals surface area contributed by atoms with Crippen LogP contribution < -0.4 is 0 Å². The summed E-state index contributed by atoms with van der Waals surface area (Å²) in [4.78, 5) is 20.5. The molecule has 0 saturated heterocycles. The van der Waals surface area contributed by atoms with Crippen LogP contribution in [0.5, 0.6) is 0 Å². The third-order valence-corrected chi connectivity index (χ3v) is 4.39. The molecule has 0 unspecified atom stereocenters. The highest BCUT2D eigenvalue weighted by molar-refractivity contribution is 7.98. The Bertz CT molecular complexity index is 944. The molecular weight excluding hydrogens is 384 g/mol. The van der Waals surface area contributed by atoms with E-state index in [1.165, 1.54) is 11.8 Å². The summed E-state index contributed by atoms with van der Waals surface area (Å²) in [6, 6.07) is 10.4. The molecule has 0 aliphatic carbocycles. The van der Waals surface area contributed by atoms with E-state index in [4.69, 9.17) is 16.0 Å². The summed E-state index contributed by atoms with van der Waals surface area (Å²) in [5.74, 6) is 0.517.